The highest BCUT2D eigenvalue weighted by Crippen LogP contribution is 2.35. The molecule has 2 aromatic rings. The van der Waals surface area contributed by atoms with E-state index in [9.17, 15) is 24.0 Å². The largest absolute Gasteiger partial charge is 0.462 e. The van der Waals surface area contributed by atoms with Crippen LogP contribution in [0.4, 0.5) is 5.00 Å². The molecule has 9 nitrogen and oxygen atoms in total. The number of hydrogen-bond donors (Lipinski definition) is 1. The van der Waals surface area contributed by atoms with Gasteiger partial charge in [-0.15, -0.1) is 11.3 Å². The van der Waals surface area contributed by atoms with Crippen LogP contribution in [-0.4, -0.2) is 53.8 Å². The van der Waals surface area contributed by atoms with E-state index in [2.05, 4.69) is 5.32 Å². The Morgan fingerprint density at radius 2 is 1.50 bits per heavy atom. The molecule has 3 amide bonds. The number of amides is 3. The Kier molecular flexibility index (Phi) is 7.51. The van der Waals surface area contributed by atoms with E-state index in [1.807, 2.05) is 0 Å². The first-order valence-electron chi connectivity index (χ1n) is 10.9. The zero-order valence-electron chi connectivity index (χ0n) is 19.6. The van der Waals surface area contributed by atoms with Gasteiger partial charge in [0.25, 0.3) is 11.8 Å². The Hall–Kier alpha value is -3.53. The highest BCUT2D eigenvalue weighted by atomic mass is 32.1. The SMILES string of the molecule is CCOC(=O)c1sc(NC(=O)[C@H](C(C)C)N2C(=O)c3ccccc3C2=O)c(C(=O)OCC)c1C. The maximum absolute atomic E-state index is 13.4. The number of thiophene rings is 1. The third kappa shape index (κ3) is 4.45. The molecular formula is C24H26N2O7S. The highest BCUT2D eigenvalue weighted by molar-refractivity contribution is 7.18. The van der Waals surface area contributed by atoms with Crippen molar-refractivity contribution in [2.45, 2.75) is 40.7 Å². The smallest absolute Gasteiger partial charge is 0.348 e. The molecule has 1 aromatic carbocycles. The summed E-state index contributed by atoms with van der Waals surface area (Å²) in [5.41, 5.74) is 0.816. The van der Waals surface area contributed by atoms with Crippen molar-refractivity contribution in [2.24, 2.45) is 5.92 Å². The van der Waals surface area contributed by atoms with Crippen molar-refractivity contribution in [3.8, 4) is 0 Å². The van der Waals surface area contributed by atoms with Crippen LogP contribution in [0.5, 0.6) is 0 Å². The lowest BCUT2D eigenvalue weighted by atomic mass is 10.0. The molecule has 0 unspecified atom stereocenters. The number of rotatable bonds is 8. The van der Waals surface area contributed by atoms with E-state index in [4.69, 9.17) is 9.47 Å². The van der Waals surface area contributed by atoms with Gasteiger partial charge in [0.2, 0.25) is 5.91 Å². The van der Waals surface area contributed by atoms with Gasteiger partial charge in [0.05, 0.1) is 29.9 Å². The van der Waals surface area contributed by atoms with Gasteiger partial charge in [-0.2, -0.15) is 0 Å². The molecule has 34 heavy (non-hydrogen) atoms. The van der Waals surface area contributed by atoms with Crippen LogP contribution in [0.3, 0.4) is 0 Å². The Morgan fingerprint density at radius 3 is 2.00 bits per heavy atom. The first-order chi connectivity index (χ1) is 16.1. The second-order valence-corrected chi connectivity index (χ2v) is 8.93. The molecule has 1 aliphatic heterocycles. The monoisotopic (exact) mass is 486 g/mol. The van der Waals surface area contributed by atoms with E-state index in [0.717, 1.165) is 16.2 Å². The number of esters is 2. The number of ether oxygens (including phenoxy) is 2. The molecule has 0 saturated carbocycles. The predicted molar refractivity (Wildman–Crippen MR) is 125 cm³/mol. The molecule has 3 rings (SSSR count). The summed E-state index contributed by atoms with van der Waals surface area (Å²) < 4.78 is 10.2. The van der Waals surface area contributed by atoms with Gasteiger partial charge < -0.3 is 14.8 Å². The molecule has 10 heteroatoms. The number of carbonyl (C=O) groups is 5. The zero-order valence-corrected chi connectivity index (χ0v) is 20.4. The van der Waals surface area contributed by atoms with Crippen molar-refractivity contribution >= 4 is 46.0 Å². The van der Waals surface area contributed by atoms with Crippen molar-refractivity contribution in [1.29, 1.82) is 0 Å². The van der Waals surface area contributed by atoms with Crippen LogP contribution in [-0.2, 0) is 14.3 Å². The minimum Gasteiger partial charge on any atom is -0.462 e. The normalized spacial score (nSPS) is 13.6. The Bertz CT molecular complexity index is 1130. The summed E-state index contributed by atoms with van der Waals surface area (Å²) in [5.74, 6) is -3.55. The van der Waals surface area contributed by atoms with Crippen LogP contribution < -0.4 is 5.32 Å². The summed E-state index contributed by atoms with van der Waals surface area (Å²) in [7, 11) is 0. The van der Waals surface area contributed by atoms with Gasteiger partial charge >= 0.3 is 11.9 Å². The molecule has 0 fully saturated rings. The van der Waals surface area contributed by atoms with E-state index in [-0.39, 0.29) is 39.8 Å². The van der Waals surface area contributed by atoms with Crippen LogP contribution in [0, 0.1) is 12.8 Å². The lowest BCUT2D eigenvalue weighted by Crippen LogP contribution is -2.50. The van der Waals surface area contributed by atoms with Crippen LogP contribution >= 0.6 is 11.3 Å². The average Bonchev–Trinajstić information content (AvgIpc) is 3.23. The van der Waals surface area contributed by atoms with Gasteiger partial charge in [-0.3, -0.25) is 19.3 Å². The van der Waals surface area contributed by atoms with Crippen molar-refractivity contribution in [1.82, 2.24) is 4.90 Å². The molecular weight excluding hydrogens is 460 g/mol. The van der Waals surface area contributed by atoms with Gasteiger partial charge in [-0.1, -0.05) is 26.0 Å². The van der Waals surface area contributed by atoms with Crippen molar-refractivity contribution in [3.63, 3.8) is 0 Å². The molecule has 1 N–H and O–H groups in total. The molecule has 0 aliphatic carbocycles. The Balaban J connectivity index is 1.99. The van der Waals surface area contributed by atoms with Gasteiger partial charge in [0, 0.05) is 0 Å². The van der Waals surface area contributed by atoms with Crippen LogP contribution in [0.2, 0.25) is 0 Å². The van der Waals surface area contributed by atoms with Crippen molar-refractivity contribution in [3.05, 3.63) is 51.4 Å². The first kappa shape index (κ1) is 25.1. The maximum Gasteiger partial charge on any atom is 0.348 e. The summed E-state index contributed by atoms with van der Waals surface area (Å²) in [6, 6.07) is 5.23. The summed E-state index contributed by atoms with van der Waals surface area (Å²) in [6.45, 7) is 8.52. The van der Waals surface area contributed by atoms with Crippen LogP contribution in [0.1, 0.15) is 74.0 Å². The fourth-order valence-electron chi connectivity index (χ4n) is 3.81. The van der Waals surface area contributed by atoms with Crippen LogP contribution in [0.15, 0.2) is 24.3 Å². The molecule has 0 radical (unpaired) electrons. The van der Waals surface area contributed by atoms with Crippen molar-refractivity contribution < 1.29 is 33.4 Å². The number of hydrogen-bond acceptors (Lipinski definition) is 8. The van der Waals surface area contributed by atoms with E-state index in [0.29, 0.717) is 5.56 Å². The average molecular weight is 487 g/mol. The number of benzene rings is 1. The molecule has 0 bridgehead atoms. The molecule has 0 saturated heterocycles. The summed E-state index contributed by atoms with van der Waals surface area (Å²) in [5, 5.41) is 2.75. The molecule has 1 aromatic heterocycles. The van der Waals surface area contributed by atoms with Gasteiger partial charge in [-0.05, 0) is 44.4 Å². The Morgan fingerprint density at radius 1 is 0.971 bits per heavy atom. The number of nitrogens with one attached hydrogen (secondary N) is 1. The molecule has 1 aliphatic rings. The van der Waals surface area contributed by atoms with Crippen molar-refractivity contribution in [2.75, 3.05) is 18.5 Å². The molecule has 0 spiro atoms. The Labute approximate surface area is 201 Å². The fourth-order valence-corrected chi connectivity index (χ4v) is 4.90. The lowest BCUT2D eigenvalue weighted by molar-refractivity contribution is -0.121. The van der Waals surface area contributed by atoms with E-state index >= 15 is 0 Å². The third-order valence-electron chi connectivity index (χ3n) is 5.33. The second kappa shape index (κ2) is 10.2. The van der Waals surface area contributed by atoms with E-state index < -0.39 is 41.6 Å². The summed E-state index contributed by atoms with van der Waals surface area (Å²) >= 11 is 0.882. The fraction of sp³-hybridized carbons (Fsp3) is 0.375. The third-order valence-corrected chi connectivity index (χ3v) is 6.51. The standard InChI is InChI=1S/C24H26N2O7S/c1-6-32-23(30)16-13(5)18(24(31)33-7-2)34-20(16)25-19(27)17(12(3)4)26-21(28)14-10-8-9-11-15(14)22(26)29/h8-12,17H,6-7H2,1-5H3,(H,25,27)/t17-/m0/s1. The molecule has 180 valence electrons. The summed E-state index contributed by atoms with van der Waals surface area (Å²) in [4.78, 5) is 65.5. The quantitative estimate of drug-likeness (QED) is 0.447. The van der Waals surface area contributed by atoms with Gasteiger partial charge in [0.1, 0.15) is 15.9 Å². The zero-order chi connectivity index (χ0) is 25.2. The number of anilines is 1. The number of nitrogens with zero attached hydrogens (tertiary/aromatic N) is 1. The minimum atomic E-state index is -1.14. The second-order valence-electron chi connectivity index (χ2n) is 7.91. The number of carbonyl (C=O) groups excluding carboxylic acids is 5. The number of fused-ring (bicyclic) bond motifs is 1. The lowest BCUT2D eigenvalue weighted by Gasteiger charge is -2.28. The molecule has 1 atom stereocenters. The van der Waals surface area contributed by atoms with E-state index in [1.165, 1.54) is 12.1 Å². The number of imide groups is 1. The predicted octanol–water partition coefficient (Wildman–Crippen LogP) is 3.67. The van der Waals surface area contributed by atoms with E-state index in [1.54, 1.807) is 46.8 Å². The first-order valence-corrected chi connectivity index (χ1v) is 11.7. The molecule has 2 heterocycles. The topological polar surface area (TPSA) is 119 Å². The van der Waals surface area contributed by atoms with Gasteiger partial charge in [0.15, 0.2) is 0 Å². The maximum atomic E-state index is 13.4. The van der Waals surface area contributed by atoms with Gasteiger partial charge in [-0.25, -0.2) is 9.59 Å². The van der Waals surface area contributed by atoms with Crippen LogP contribution in [0.25, 0.3) is 0 Å². The summed E-state index contributed by atoms with van der Waals surface area (Å²) in [6.07, 6.45) is 0. The highest BCUT2D eigenvalue weighted by Gasteiger charge is 2.44. The minimum absolute atomic E-state index is 0.0353.